The number of amides is 1. The van der Waals surface area contributed by atoms with Crippen LogP contribution in [0.25, 0.3) is 0 Å². The van der Waals surface area contributed by atoms with Crippen LogP contribution in [0.15, 0.2) is 18.2 Å². The second-order valence-corrected chi connectivity index (χ2v) is 5.65. The van der Waals surface area contributed by atoms with E-state index in [4.69, 9.17) is 28.9 Å². The Bertz CT molecular complexity index is 528. The maximum absolute atomic E-state index is 13.0. The van der Waals surface area contributed by atoms with Crippen molar-refractivity contribution in [3.8, 4) is 0 Å². The number of halogens is 5. The molecule has 1 aromatic carbocycles. The van der Waals surface area contributed by atoms with Crippen LogP contribution in [-0.2, 0) is 4.79 Å². The van der Waals surface area contributed by atoms with E-state index in [-0.39, 0.29) is 24.2 Å². The number of hydrogen-bond acceptors (Lipinski definition) is 2. The highest BCUT2D eigenvalue weighted by molar-refractivity contribution is 6.42. The maximum Gasteiger partial charge on any atom is 0.277 e. The van der Waals surface area contributed by atoms with Gasteiger partial charge in [-0.05, 0) is 24.0 Å². The van der Waals surface area contributed by atoms with Crippen molar-refractivity contribution < 1.29 is 13.6 Å². The summed E-state index contributed by atoms with van der Waals surface area (Å²) in [6.07, 6.45) is 0.583. The van der Waals surface area contributed by atoms with E-state index in [0.29, 0.717) is 16.5 Å². The molecule has 0 heterocycles. The molecule has 2 rings (SSSR count). The fourth-order valence-electron chi connectivity index (χ4n) is 2.06. The Labute approximate surface area is 137 Å². The van der Waals surface area contributed by atoms with E-state index >= 15 is 0 Å². The van der Waals surface area contributed by atoms with Crippen LogP contribution in [0.5, 0.6) is 0 Å². The predicted octanol–water partition coefficient (Wildman–Crippen LogP) is 3.23. The molecule has 0 aliphatic heterocycles. The molecule has 1 aromatic rings. The molecule has 1 fully saturated rings. The van der Waals surface area contributed by atoms with Crippen LogP contribution in [0.2, 0.25) is 10.0 Å². The third-order valence-corrected chi connectivity index (χ3v) is 4.16. The number of hydrogen-bond donors (Lipinski definition) is 2. The van der Waals surface area contributed by atoms with Gasteiger partial charge in [0.25, 0.3) is 5.92 Å². The first-order valence-corrected chi connectivity index (χ1v) is 6.91. The van der Waals surface area contributed by atoms with E-state index in [1.54, 1.807) is 18.2 Å². The molecule has 1 aliphatic rings. The quantitative estimate of drug-likeness (QED) is 0.848. The number of carbonyl (C=O) groups excluding carboxylic acids is 1. The average molecular weight is 360 g/mol. The molecule has 3 N–H and O–H groups in total. The number of nitrogens with two attached hydrogens (primary N) is 1. The maximum atomic E-state index is 13.0. The second-order valence-electron chi connectivity index (χ2n) is 4.87. The van der Waals surface area contributed by atoms with Crippen LogP contribution >= 0.6 is 35.6 Å². The standard InChI is InChI=1S/C13H14Cl2F2N2O.ClH/c14-10-3-1-2-7(11(10)15)8-4-9(8)12(20)19-6-13(16,17)5-18;/h1-3,8-9H,4-6,18H2,(H,19,20);1H. The van der Waals surface area contributed by atoms with Gasteiger partial charge in [-0.2, -0.15) is 0 Å². The Morgan fingerprint density at radius 2 is 2.10 bits per heavy atom. The molecule has 3 nitrogen and oxygen atoms in total. The summed E-state index contributed by atoms with van der Waals surface area (Å²) in [5, 5.41) is 3.06. The van der Waals surface area contributed by atoms with Gasteiger partial charge in [0.15, 0.2) is 0 Å². The van der Waals surface area contributed by atoms with E-state index < -0.39 is 24.9 Å². The summed E-state index contributed by atoms with van der Waals surface area (Å²) in [6, 6.07) is 5.20. The van der Waals surface area contributed by atoms with Crippen molar-refractivity contribution in [1.29, 1.82) is 0 Å². The summed E-state index contributed by atoms with van der Waals surface area (Å²) in [5.74, 6) is -3.88. The summed E-state index contributed by atoms with van der Waals surface area (Å²) in [5.41, 5.74) is 5.69. The highest BCUT2D eigenvalue weighted by Crippen LogP contribution is 2.50. The van der Waals surface area contributed by atoms with E-state index in [1.807, 2.05) is 0 Å². The molecule has 1 saturated carbocycles. The first-order valence-electron chi connectivity index (χ1n) is 6.15. The molecule has 8 heteroatoms. The van der Waals surface area contributed by atoms with Gasteiger partial charge in [0.2, 0.25) is 5.91 Å². The van der Waals surface area contributed by atoms with E-state index in [2.05, 4.69) is 5.32 Å². The molecule has 1 aliphatic carbocycles. The van der Waals surface area contributed by atoms with Gasteiger partial charge in [-0.3, -0.25) is 4.79 Å². The van der Waals surface area contributed by atoms with Crippen molar-refractivity contribution in [2.45, 2.75) is 18.3 Å². The average Bonchev–Trinajstić information content (AvgIpc) is 3.19. The van der Waals surface area contributed by atoms with Crippen molar-refractivity contribution in [3.63, 3.8) is 0 Å². The lowest BCUT2D eigenvalue weighted by Gasteiger charge is -2.14. The minimum Gasteiger partial charge on any atom is -0.350 e. The Morgan fingerprint density at radius 1 is 1.43 bits per heavy atom. The van der Waals surface area contributed by atoms with E-state index in [9.17, 15) is 13.6 Å². The lowest BCUT2D eigenvalue weighted by atomic mass is 10.1. The zero-order chi connectivity index (χ0) is 14.9. The molecule has 2 atom stereocenters. The first kappa shape index (κ1) is 18.4. The van der Waals surface area contributed by atoms with Crippen LogP contribution in [0.1, 0.15) is 17.9 Å². The summed E-state index contributed by atoms with van der Waals surface area (Å²) < 4.78 is 25.9. The number of benzene rings is 1. The Balaban J connectivity index is 0.00000220. The smallest absolute Gasteiger partial charge is 0.277 e. The predicted molar refractivity (Wildman–Crippen MR) is 81.6 cm³/mol. The van der Waals surface area contributed by atoms with Crippen LogP contribution in [0.3, 0.4) is 0 Å². The fraction of sp³-hybridized carbons (Fsp3) is 0.462. The number of rotatable bonds is 5. The lowest BCUT2D eigenvalue weighted by Crippen LogP contribution is -2.42. The summed E-state index contributed by atoms with van der Waals surface area (Å²) >= 11 is 12.0. The lowest BCUT2D eigenvalue weighted by molar-refractivity contribution is -0.124. The third-order valence-electron chi connectivity index (χ3n) is 3.33. The largest absolute Gasteiger partial charge is 0.350 e. The minimum atomic E-state index is -3.08. The fourth-order valence-corrected chi connectivity index (χ4v) is 2.50. The van der Waals surface area contributed by atoms with Gasteiger partial charge in [0.05, 0.1) is 23.1 Å². The Hall–Kier alpha value is -0.620. The zero-order valence-electron chi connectivity index (χ0n) is 10.9. The summed E-state index contributed by atoms with van der Waals surface area (Å²) in [4.78, 5) is 11.8. The SMILES string of the molecule is Cl.NCC(F)(F)CNC(=O)C1CC1c1cccc(Cl)c1Cl. The van der Waals surface area contributed by atoms with E-state index in [1.165, 1.54) is 0 Å². The highest BCUT2D eigenvalue weighted by atomic mass is 35.5. The van der Waals surface area contributed by atoms with Crippen LogP contribution in [-0.4, -0.2) is 24.9 Å². The highest BCUT2D eigenvalue weighted by Gasteiger charge is 2.45. The molecule has 21 heavy (non-hydrogen) atoms. The summed E-state index contributed by atoms with van der Waals surface area (Å²) in [6.45, 7) is -1.53. The Kier molecular flexibility index (Phi) is 6.23. The molecule has 0 aromatic heterocycles. The first-order chi connectivity index (χ1) is 9.35. The molecule has 2 unspecified atom stereocenters. The van der Waals surface area contributed by atoms with Gasteiger partial charge >= 0.3 is 0 Å². The third kappa shape index (κ3) is 4.42. The number of alkyl halides is 2. The van der Waals surface area contributed by atoms with Gasteiger partial charge in [0, 0.05) is 5.92 Å². The normalized spacial score (nSPS) is 20.6. The number of carbonyl (C=O) groups is 1. The second kappa shape index (κ2) is 7.09. The molecule has 0 spiro atoms. The van der Waals surface area contributed by atoms with Gasteiger partial charge in [-0.1, -0.05) is 35.3 Å². The van der Waals surface area contributed by atoms with Crippen molar-refractivity contribution >= 4 is 41.5 Å². The van der Waals surface area contributed by atoms with E-state index in [0.717, 1.165) is 5.56 Å². The zero-order valence-corrected chi connectivity index (χ0v) is 13.2. The Morgan fingerprint density at radius 3 is 2.71 bits per heavy atom. The number of nitrogens with one attached hydrogen (secondary N) is 1. The van der Waals surface area contributed by atoms with Gasteiger partial charge in [-0.25, -0.2) is 8.78 Å². The van der Waals surface area contributed by atoms with Crippen LogP contribution < -0.4 is 11.1 Å². The van der Waals surface area contributed by atoms with Gasteiger partial charge < -0.3 is 11.1 Å². The molecule has 118 valence electrons. The molecule has 1 amide bonds. The van der Waals surface area contributed by atoms with Gasteiger partial charge in [0.1, 0.15) is 0 Å². The van der Waals surface area contributed by atoms with Crippen molar-refractivity contribution in [2.75, 3.05) is 13.1 Å². The van der Waals surface area contributed by atoms with Gasteiger partial charge in [-0.15, -0.1) is 12.4 Å². The molecule has 0 bridgehead atoms. The summed E-state index contributed by atoms with van der Waals surface area (Å²) in [7, 11) is 0. The van der Waals surface area contributed by atoms with Crippen molar-refractivity contribution in [3.05, 3.63) is 33.8 Å². The molecule has 0 radical (unpaired) electrons. The molecule has 0 saturated heterocycles. The van der Waals surface area contributed by atoms with Crippen molar-refractivity contribution in [1.82, 2.24) is 5.32 Å². The molecular formula is C13H15Cl3F2N2O. The van der Waals surface area contributed by atoms with Crippen LogP contribution in [0, 0.1) is 5.92 Å². The topological polar surface area (TPSA) is 55.1 Å². The minimum absolute atomic E-state index is 0. The molecular weight excluding hydrogens is 345 g/mol. The monoisotopic (exact) mass is 358 g/mol. The van der Waals surface area contributed by atoms with Crippen LogP contribution in [0.4, 0.5) is 8.78 Å². The van der Waals surface area contributed by atoms with Crippen molar-refractivity contribution in [2.24, 2.45) is 11.7 Å².